The van der Waals surface area contributed by atoms with Crippen LogP contribution in [0, 0.1) is 0 Å². The molecular weight excluding hydrogens is 288 g/mol. The number of hydrogen-bond donors (Lipinski definition) is 1. The van der Waals surface area contributed by atoms with Crippen LogP contribution in [-0.2, 0) is 4.79 Å². The van der Waals surface area contributed by atoms with Gasteiger partial charge in [-0.1, -0.05) is 0 Å². The van der Waals surface area contributed by atoms with Crippen LogP contribution in [0.15, 0.2) is 0 Å². The van der Waals surface area contributed by atoms with Crippen molar-refractivity contribution in [1.29, 1.82) is 0 Å². The van der Waals surface area contributed by atoms with Crippen molar-refractivity contribution in [3.63, 3.8) is 0 Å². The molecule has 23 heavy (non-hydrogen) atoms. The van der Waals surface area contributed by atoms with Gasteiger partial charge in [0.2, 0.25) is 5.91 Å². The van der Waals surface area contributed by atoms with Gasteiger partial charge in [0.05, 0.1) is 6.54 Å². The van der Waals surface area contributed by atoms with Crippen molar-refractivity contribution in [3.05, 3.63) is 0 Å². The Morgan fingerprint density at radius 3 is 1.61 bits per heavy atom. The average molecular weight is 327 g/mol. The zero-order valence-electron chi connectivity index (χ0n) is 16.4. The van der Waals surface area contributed by atoms with Gasteiger partial charge >= 0.3 is 0 Å². The highest BCUT2D eigenvalue weighted by atomic mass is 16.2. The molecule has 1 aliphatic rings. The first-order chi connectivity index (χ1) is 10.6. The molecule has 0 unspecified atom stereocenters. The lowest BCUT2D eigenvalue weighted by atomic mass is 10.1. The molecule has 5 nitrogen and oxygen atoms in total. The van der Waals surface area contributed by atoms with Gasteiger partial charge in [-0.25, -0.2) is 0 Å². The van der Waals surface area contributed by atoms with Gasteiger partial charge in [0, 0.05) is 56.9 Å². The molecule has 1 heterocycles. The Hall–Kier alpha value is -0.650. The van der Waals surface area contributed by atoms with Crippen molar-refractivity contribution in [2.45, 2.75) is 66.1 Å². The largest absolute Gasteiger partial charge is 0.350 e. The minimum atomic E-state index is -0.162. The second-order valence-corrected chi connectivity index (χ2v) is 8.33. The van der Waals surface area contributed by atoms with Crippen molar-refractivity contribution < 1.29 is 4.79 Å². The summed E-state index contributed by atoms with van der Waals surface area (Å²) >= 11 is 0. The molecule has 1 aliphatic heterocycles. The number of hydrogen-bond acceptors (Lipinski definition) is 4. The molecule has 0 aromatic heterocycles. The first-order valence-corrected chi connectivity index (χ1v) is 9.10. The number of carbonyl (C=O) groups is 1. The summed E-state index contributed by atoms with van der Waals surface area (Å²) in [5.41, 5.74) is -0.162. The first-order valence-electron chi connectivity index (χ1n) is 9.10. The summed E-state index contributed by atoms with van der Waals surface area (Å²) in [6.07, 6.45) is 0. The van der Waals surface area contributed by atoms with E-state index in [0.29, 0.717) is 18.6 Å². The van der Waals surface area contributed by atoms with Crippen molar-refractivity contribution in [3.8, 4) is 0 Å². The zero-order chi connectivity index (χ0) is 17.6. The molecule has 1 N–H and O–H groups in total. The minimum absolute atomic E-state index is 0.129. The van der Waals surface area contributed by atoms with Gasteiger partial charge in [-0.2, -0.15) is 0 Å². The summed E-state index contributed by atoms with van der Waals surface area (Å²) in [5, 5.41) is 3.08. The normalized spacial score (nSPS) is 20.4. The summed E-state index contributed by atoms with van der Waals surface area (Å²) in [6, 6.07) is 1.10. The van der Waals surface area contributed by atoms with Crippen LogP contribution in [0.2, 0.25) is 0 Å². The highest BCUT2D eigenvalue weighted by Crippen LogP contribution is 2.07. The third kappa shape index (κ3) is 8.13. The second-order valence-electron chi connectivity index (χ2n) is 8.33. The van der Waals surface area contributed by atoms with E-state index < -0.39 is 0 Å². The van der Waals surface area contributed by atoms with E-state index in [1.807, 2.05) is 20.8 Å². The molecule has 1 rings (SSSR count). The van der Waals surface area contributed by atoms with Crippen LogP contribution >= 0.6 is 0 Å². The van der Waals surface area contributed by atoms with Gasteiger partial charge in [0.15, 0.2) is 0 Å². The maximum atomic E-state index is 12.3. The van der Waals surface area contributed by atoms with Crippen LogP contribution in [-0.4, -0.2) is 84.0 Å². The van der Waals surface area contributed by atoms with Gasteiger partial charge in [-0.3, -0.25) is 19.5 Å². The first kappa shape index (κ1) is 20.4. The lowest BCUT2D eigenvalue weighted by molar-refractivity contribution is -0.123. The maximum Gasteiger partial charge on any atom is 0.234 e. The summed E-state index contributed by atoms with van der Waals surface area (Å²) in [7, 11) is 0. The van der Waals surface area contributed by atoms with E-state index in [2.05, 4.69) is 47.7 Å². The second kappa shape index (κ2) is 9.00. The molecule has 1 amide bonds. The van der Waals surface area contributed by atoms with Crippen molar-refractivity contribution in [2.75, 3.05) is 45.8 Å². The lowest BCUT2D eigenvalue weighted by Crippen LogP contribution is -2.48. The highest BCUT2D eigenvalue weighted by molar-refractivity contribution is 5.78. The third-order valence-corrected chi connectivity index (χ3v) is 4.42. The van der Waals surface area contributed by atoms with E-state index in [9.17, 15) is 4.79 Å². The van der Waals surface area contributed by atoms with Crippen LogP contribution in [0.3, 0.4) is 0 Å². The molecule has 0 aromatic carbocycles. The molecule has 5 heteroatoms. The number of amides is 1. The fraction of sp³-hybridized carbons (Fsp3) is 0.944. The molecule has 0 atom stereocenters. The topological polar surface area (TPSA) is 38.8 Å². The molecule has 0 spiro atoms. The smallest absolute Gasteiger partial charge is 0.234 e. The van der Waals surface area contributed by atoms with Crippen LogP contribution in [0.5, 0.6) is 0 Å². The molecule has 0 bridgehead atoms. The lowest BCUT2D eigenvalue weighted by Gasteiger charge is -2.30. The molecule has 136 valence electrons. The van der Waals surface area contributed by atoms with E-state index in [4.69, 9.17) is 0 Å². The van der Waals surface area contributed by atoms with E-state index in [-0.39, 0.29) is 11.4 Å². The number of rotatable bonds is 4. The minimum Gasteiger partial charge on any atom is -0.350 e. The molecule has 0 saturated carbocycles. The van der Waals surface area contributed by atoms with Crippen molar-refractivity contribution >= 4 is 5.91 Å². The Kier molecular flexibility index (Phi) is 7.98. The monoisotopic (exact) mass is 326 g/mol. The Morgan fingerprint density at radius 2 is 1.26 bits per heavy atom. The van der Waals surface area contributed by atoms with E-state index in [0.717, 1.165) is 39.3 Å². The molecule has 1 fully saturated rings. The zero-order valence-corrected chi connectivity index (χ0v) is 16.4. The fourth-order valence-corrected chi connectivity index (χ4v) is 2.98. The van der Waals surface area contributed by atoms with Gasteiger partial charge in [-0.05, 0) is 48.5 Å². The Morgan fingerprint density at radius 1 is 0.870 bits per heavy atom. The fourth-order valence-electron chi connectivity index (χ4n) is 2.98. The van der Waals surface area contributed by atoms with E-state index >= 15 is 0 Å². The Bertz CT molecular complexity index is 343. The van der Waals surface area contributed by atoms with Crippen molar-refractivity contribution in [1.82, 2.24) is 20.0 Å². The van der Waals surface area contributed by atoms with Crippen LogP contribution < -0.4 is 5.32 Å². The SMILES string of the molecule is CC(C)N1CCN(CC(=O)NC(C)(C)C)CCN(C(C)C)CC1. The van der Waals surface area contributed by atoms with Crippen LogP contribution in [0.1, 0.15) is 48.5 Å². The summed E-state index contributed by atoms with van der Waals surface area (Å²) in [5.74, 6) is 0.129. The van der Waals surface area contributed by atoms with Crippen molar-refractivity contribution in [2.24, 2.45) is 0 Å². The van der Waals surface area contributed by atoms with Gasteiger partial charge < -0.3 is 5.32 Å². The van der Waals surface area contributed by atoms with Gasteiger partial charge in [-0.15, -0.1) is 0 Å². The quantitative estimate of drug-likeness (QED) is 0.852. The Balaban J connectivity index is 2.68. The highest BCUT2D eigenvalue weighted by Gasteiger charge is 2.21. The van der Waals surface area contributed by atoms with Crippen LogP contribution in [0.4, 0.5) is 0 Å². The van der Waals surface area contributed by atoms with Gasteiger partial charge in [0.25, 0.3) is 0 Å². The van der Waals surface area contributed by atoms with Crippen LogP contribution in [0.25, 0.3) is 0 Å². The molecule has 1 saturated heterocycles. The average Bonchev–Trinajstić information content (AvgIpc) is 2.47. The number of nitrogens with zero attached hydrogens (tertiary/aromatic N) is 3. The molecule has 0 aromatic rings. The number of nitrogens with one attached hydrogen (secondary N) is 1. The molecule has 0 aliphatic carbocycles. The summed E-state index contributed by atoms with van der Waals surface area (Å²) < 4.78 is 0. The molecule has 0 radical (unpaired) electrons. The maximum absolute atomic E-state index is 12.3. The third-order valence-electron chi connectivity index (χ3n) is 4.42. The van der Waals surface area contributed by atoms with E-state index in [1.165, 1.54) is 0 Å². The number of carbonyl (C=O) groups excluding carboxylic acids is 1. The summed E-state index contributed by atoms with van der Waals surface area (Å²) in [6.45, 7) is 21.8. The predicted molar refractivity (Wildman–Crippen MR) is 97.8 cm³/mol. The standard InChI is InChI=1S/C18H38N4O/c1-15(2)21-10-8-20(14-17(23)19-18(5,6)7)9-11-22(13-12-21)16(3)4/h15-16H,8-14H2,1-7H3,(H,19,23). The summed E-state index contributed by atoms with van der Waals surface area (Å²) in [4.78, 5) is 19.6. The van der Waals surface area contributed by atoms with Gasteiger partial charge in [0.1, 0.15) is 0 Å². The van der Waals surface area contributed by atoms with E-state index in [1.54, 1.807) is 0 Å². The molecular formula is C18H38N4O. The predicted octanol–water partition coefficient (Wildman–Crippen LogP) is 1.64. The Labute approximate surface area is 143 Å².